The number of allylic oxidation sites excluding steroid dienone is 18. The Morgan fingerprint density at radius 3 is 1.48 bits per heavy atom. The molecule has 0 radical (unpaired) electrons. The number of carboxylic acid groups (broad SMARTS) is 1. The summed E-state index contributed by atoms with van der Waals surface area (Å²) in [5, 5.41) is 9.64. The molecule has 0 aliphatic heterocycles. The topological polar surface area (TPSA) is 99.1 Å². The van der Waals surface area contributed by atoms with Crippen LogP contribution in [0.4, 0.5) is 0 Å². The van der Waals surface area contributed by atoms with Crippen molar-refractivity contribution in [1.29, 1.82) is 0 Å². The molecule has 0 bridgehead atoms. The van der Waals surface area contributed by atoms with Crippen LogP contribution in [-0.4, -0.2) is 80.6 Å². The maximum atomic E-state index is 12.8. The molecular formula is C55H90NO7+. The minimum absolute atomic E-state index is 0.0311. The molecule has 0 saturated heterocycles. The van der Waals surface area contributed by atoms with Gasteiger partial charge < -0.3 is 23.8 Å². The van der Waals surface area contributed by atoms with E-state index in [1.807, 2.05) is 21.1 Å². The molecule has 2 atom stereocenters. The van der Waals surface area contributed by atoms with Crippen molar-refractivity contribution in [2.24, 2.45) is 0 Å². The van der Waals surface area contributed by atoms with Gasteiger partial charge in [0.05, 0.1) is 34.4 Å². The molecule has 0 amide bonds. The number of hydrogen-bond acceptors (Lipinski definition) is 6. The Labute approximate surface area is 385 Å². The fraction of sp³-hybridized carbons (Fsp3) is 0.618. The third-order valence-corrected chi connectivity index (χ3v) is 10.2. The molecule has 0 aromatic carbocycles. The first-order chi connectivity index (χ1) is 30.6. The molecule has 0 aromatic rings. The molecule has 0 saturated carbocycles. The first-order valence-electron chi connectivity index (χ1n) is 24.5. The van der Waals surface area contributed by atoms with Gasteiger partial charge in [-0.1, -0.05) is 168 Å². The van der Waals surface area contributed by atoms with Gasteiger partial charge in [0.15, 0.2) is 12.1 Å². The summed E-state index contributed by atoms with van der Waals surface area (Å²) in [7, 11) is 5.50. The van der Waals surface area contributed by atoms with Crippen molar-refractivity contribution in [1.82, 2.24) is 0 Å². The van der Waals surface area contributed by atoms with Crippen LogP contribution in [0.15, 0.2) is 109 Å². The zero-order valence-electron chi connectivity index (χ0n) is 40.5. The number of ether oxygens (including phenoxy) is 3. The fourth-order valence-corrected chi connectivity index (χ4v) is 6.45. The van der Waals surface area contributed by atoms with Crippen molar-refractivity contribution in [3.05, 3.63) is 109 Å². The van der Waals surface area contributed by atoms with Crippen molar-refractivity contribution in [2.75, 3.05) is 41.0 Å². The van der Waals surface area contributed by atoms with Crippen LogP contribution in [0.5, 0.6) is 0 Å². The zero-order chi connectivity index (χ0) is 46.3. The van der Waals surface area contributed by atoms with Gasteiger partial charge in [0.1, 0.15) is 6.61 Å². The summed E-state index contributed by atoms with van der Waals surface area (Å²) in [6, 6.07) is -0.633. The van der Waals surface area contributed by atoms with Crippen LogP contribution in [0.3, 0.4) is 0 Å². The quantitative estimate of drug-likeness (QED) is 0.0214. The number of carbonyl (C=O) groups excluding carboxylic acids is 2. The number of hydrogen-bond donors (Lipinski definition) is 1. The molecule has 8 heteroatoms. The number of likely N-dealkylation sites (N-methyl/N-ethyl adjacent to an activating group) is 1. The Hall–Kier alpha value is -4.01. The lowest BCUT2D eigenvalue weighted by Crippen LogP contribution is -2.50. The number of quaternary nitrogens is 1. The van der Waals surface area contributed by atoms with Gasteiger partial charge in [0.2, 0.25) is 0 Å². The number of unbranched alkanes of at least 4 members (excludes halogenated alkanes) is 12. The Morgan fingerprint density at radius 2 is 0.952 bits per heavy atom. The standard InChI is InChI=1S/C55H89NO7/c1-6-8-10-12-14-16-18-20-22-24-26-27-28-30-31-33-35-37-39-41-43-45-53(57)62-50-51(49-61-48-47-52(55(59)60)56(3,4)5)63-54(58)46-44-42-40-38-36-34-32-29-25-23-21-19-17-15-13-11-9-7-2/h8,10,14,16,19-23,25-27,29-32,35,37,51-52H,6-7,9,11-13,15,17-18,24,28,33-34,36,38-50H2,1-5H3/p+1/b10-8+,16-14+,21-19+,22-20+,25-23+,27-26+,31-30+,32-29+,37-35+. The third-order valence-electron chi connectivity index (χ3n) is 10.2. The lowest BCUT2D eigenvalue weighted by Gasteiger charge is -2.31. The van der Waals surface area contributed by atoms with E-state index in [9.17, 15) is 19.5 Å². The van der Waals surface area contributed by atoms with Crippen molar-refractivity contribution in [2.45, 2.75) is 180 Å². The van der Waals surface area contributed by atoms with Crippen LogP contribution in [0.1, 0.15) is 168 Å². The molecule has 0 fully saturated rings. The largest absolute Gasteiger partial charge is 0.477 e. The van der Waals surface area contributed by atoms with Crippen LogP contribution in [0, 0.1) is 0 Å². The summed E-state index contributed by atoms with van der Waals surface area (Å²) < 4.78 is 17.3. The number of nitrogens with zero attached hydrogens (tertiary/aromatic N) is 1. The van der Waals surface area contributed by atoms with Crippen LogP contribution in [0.25, 0.3) is 0 Å². The highest BCUT2D eigenvalue weighted by atomic mass is 16.6. The van der Waals surface area contributed by atoms with Gasteiger partial charge in [-0.25, -0.2) is 4.79 Å². The molecule has 8 nitrogen and oxygen atoms in total. The molecule has 0 heterocycles. The number of esters is 2. The molecular weight excluding hydrogens is 787 g/mol. The second-order valence-corrected chi connectivity index (χ2v) is 17.0. The van der Waals surface area contributed by atoms with E-state index in [4.69, 9.17) is 14.2 Å². The Balaban J connectivity index is 4.44. The zero-order valence-corrected chi connectivity index (χ0v) is 40.5. The SMILES string of the molecule is CC/C=C/C/C=C/C/C=C/C/C=C/C/C=C/C/C=C/CCCCC(=O)OCC(COCCC(C(=O)O)[N+](C)(C)C)OC(=O)CCCCCCC/C=C/C=C/C=C/CCCCCCC. The van der Waals surface area contributed by atoms with Crippen LogP contribution in [0.2, 0.25) is 0 Å². The van der Waals surface area contributed by atoms with Crippen LogP contribution in [-0.2, 0) is 28.6 Å². The summed E-state index contributed by atoms with van der Waals surface area (Å²) in [6.07, 6.45) is 61.3. The third kappa shape index (κ3) is 43.0. The molecule has 1 N–H and O–H groups in total. The minimum atomic E-state index is -0.889. The van der Waals surface area contributed by atoms with Crippen LogP contribution >= 0.6 is 0 Å². The predicted octanol–water partition coefficient (Wildman–Crippen LogP) is 14.0. The average Bonchev–Trinajstić information content (AvgIpc) is 3.24. The highest BCUT2D eigenvalue weighted by Gasteiger charge is 2.31. The second kappa shape index (κ2) is 44.6. The highest BCUT2D eigenvalue weighted by molar-refractivity contribution is 5.72. The fourth-order valence-electron chi connectivity index (χ4n) is 6.45. The van der Waals surface area contributed by atoms with Gasteiger partial charge in [-0.05, 0) is 89.9 Å². The van der Waals surface area contributed by atoms with E-state index in [0.717, 1.165) is 96.3 Å². The van der Waals surface area contributed by atoms with E-state index in [1.165, 1.54) is 32.1 Å². The van der Waals surface area contributed by atoms with Gasteiger partial charge in [-0.3, -0.25) is 9.59 Å². The van der Waals surface area contributed by atoms with Crippen molar-refractivity contribution < 1.29 is 38.2 Å². The van der Waals surface area contributed by atoms with E-state index in [1.54, 1.807) is 0 Å². The van der Waals surface area contributed by atoms with Crippen LogP contribution < -0.4 is 0 Å². The van der Waals surface area contributed by atoms with Gasteiger partial charge in [-0.15, -0.1) is 0 Å². The van der Waals surface area contributed by atoms with Crippen molar-refractivity contribution >= 4 is 17.9 Å². The van der Waals surface area contributed by atoms with Gasteiger partial charge in [0.25, 0.3) is 0 Å². The smallest absolute Gasteiger partial charge is 0.362 e. The first kappa shape index (κ1) is 59.0. The maximum absolute atomic E-state index is 12.8. The van der Waals surface area contributed by atoms with E-state index >= 15 is 0 Å². The highest BCUT2D eigenvalue weighted by Crippen LogP contribution is 2.12. The van der Waals surface area contributed by atoms with Gasteiger partial charge >= 0.3 is 17.9 Å². The van der Waals surface area contributed by atoms with E-state index in [-0.39, 0.29) is 42.7 Å². The summed E-state index contributed by atoms with van der Waals surface area (Å²) in [6.45, 7) is 4.52. The monoisotopic (exact) mass is 877 g/mol. The molecule has 0 spiro atoms. The number of carboxylic acids is 1. The summed E-state index contributed by atoms with van der Waals surface area (Å²) >= 11 is 0. The van der Waals surface area contributed by atoms with E-state index in [0.29, 0.717) is 19.3 Å². The average molecular weight is 877 g/mol. The minimum Gasteiger partial charge on any atom is -0.477 e. The molecule has 2 unspecified atom stereocenters. The molecule has 0 rings (SSSR count). The lowest BCUT2D eigenvalue weighted by molar-refractivity contribution is -0.887. The summed E-state index contributed by atoms with van der Waals surface area (Å²) in [4.78, 5) is 37.1. The predicted molar refractivity (Wildman–Crippen MR) is 266 cm³/mol. The Morgan fingerprint density at radius 1 is 0.508 bits per heavy atom. The molecule has 0 aliphatic rings. The lowest BCUT2D eigenvalue weighted by atomic mass is 10.1. The van der Waals surface area contributed by atoms with E-state index in [2.05, 4.69) is 123 Å². The second-order valence-electron chi connectivity index (χ2n) is 17.0. The van der Waals surface area contributed by atoms with Crippen molar-refractivity contribution in [3.8, 4) is 0 Å². The maximum Gasteiger partial charge on any atom is 0.362 e. The summed E-state index contributed by atoms with van der Waals surface area (Å²) in [5.41, 5.74) is 0. The van der Waals surface area contributed by atoms with E-state index < -0.39 is 18.1 Å². The molecule has 356 valence electrons. The molecule has 0 aliphatic carbocycles. The Kier molecular flexibility index (Phi) is 41.8. The Bertz CT molecular complexity index is 1390. The first-order valence-corrected chi connectivity index (χ1v) is 24.5. The number of carbonyl (C=O) groups is 3. The summed E-state index contributed by atoms with van der Waals surface area (Å²) in [5.74, 6) is -1.56. The number of aliphatic carboxylic acids is 1. The number of rotatable bonds is 42. The normalized spacial score (nSPS) is 13.9. The van der Waals surface area contributed by atoms with Crippen molar-refractivity contribution in [3.63, 3.8) is 0 Å². The van der Waals surface area contributed by atoms with Gasteiger partial charge in [0, 0.05) is 19.3 Å². The van der Waals surface area contributed by atoms with Gasteiger partial charge in [-0.2, -0.15) is 0 Å². The molecule has 63 heavy (non-hydrogen) atoms. The molecule has 0 aromatic heterocycles.